The molecule has 1 fully saturated rings. The smallest absolute Gasteiger partial charge is 0.279 e. The summed E-state index contributed by atoms with van der Waals surface area (Å²) in [5.41, 5.74) is 7.81. The zero-order valence-corrected chi connectivity index (χ0v) is 12.8. The number of aryl methyl sites for hydroxylation is 1. The second-order valence-corrected chi connectivity index (χ2v) is 7.51. The van der Waals surface area contributed by atoms with Crippen LogP contribution in [0.1, 0.15) is 24.0 Å². The molecule has 5 nitrogen and oxygen atoms in total. The average molecular weight is 303 g/mol. The number of nitrogens with zero attached hydrogens (tertiary/aromatic N) is 1. The van der Waals surface area contributed by atoms with Crippen molar-refractivity contribution in [3.8, 4) is 0 Å². The molecule has 1 unspecified atom stereocenters. The summed E-state index contributed by atoms with van der Waals surface area (Å²) < 4.78 is 28.7. The van der Waals surface area contributed by atoms with Gasteiger partial charge in [-0.1, -0.05) is 0 Å². The molecular formula is C12H21N3O2S2. The third-order valence-electron chi connectivity index (χ3n) is 3.56. The predicted octanol–water partition coefficient (Wildman–Crippen LogP) is 1.06. The first-order valence-electron chi connectivity index (χ1n) is 6.49. The minimum Gasteiger partial charge on any atom is -0.330 e. The molecule has 0 radical (unpaired) electrons. The topological polar surface area (TPSA) is 75.4 Å². The van der Waals surface area contributed by atoms with E-state index in [1.165, 1.54) is 4.31 Å². The normalized spacial score (nSPS) is 21.7. The molecule has 1 aromatic rings. The van der Waals surface area contributed by atoms with Gasteiger partial charge in [0.15, 0.2) is 0 Å². The van der Waals surface area contributed by atoms with E-state index in [1.54, 1.807) is 11.3 Å². The van der Waals surface area contributed by atoms with Crippen LogP contribution in [-0.4, -0.2) is 32.4 Å². The van der Waals surface area contributed by atoms with Crippen LogP contribution in [0.5, 0.6) is 0 Å². The molecule has 2 rings (SSSR count). The molecule has 7 heteroatoms. The highest BCUT2D eigenvalue weighted by molar-refractivity contribution is 7.87. The van der Waals surface area contributed by atoms with Gasteiger partial charge in [-0.05, 0) is 54.1 Å². The van der Waals surface area contributed by atoms with Gasteiger partial charge in [0.05, 0.1) is 0 Å². The largest absolute Gasteiger partial charge is 0.330 e. The van der Waals surface area contributed by atoms with Gasteiger partial charge in [0.25, 0.3) is 10.2 Å². The Kier molecular flexibility index (Phi) is 4.97. The van der Waals surface area contributed by atoms with Crippen LogP contribution in [-0.2, 0) is 16.8 Å². The SMILES string of the molecule is Cc1cscc1CNS(=O)(=O)N1CCCC(CN)C1. The maximum Gasteiger partial charge on any atom is 0.279 e. The number of nitrogens with one attached hydrogen (secondary N) is 1. The Morgan fingerprint density at radius 1 is 1.53 bits per heavy atom. The van der Waals surface area contributed by atoms with E-state index in [0.29, 0.717) is 26.2 Å². The van der Waals surface area contributed by atoms with Crippen molar-refractivity contribution in [2.24, 2.45) is 11.7 Å². The lowest BCUT2D eigenvalue weighted by molar-refractivity contribution is 0.268. The fourth-order valence-electron chi connectivity index (χ4n) is 2.27. The van der Waals surface area contributed by atoms with Crippen LogP contribution in [0.25, 0.3) is 0 Å². The van der Waals surface area contributed by atoms with Crippen LogP contribution in [0.3, 0.4) is 0 Å². The number of rotatable bonds is 5. The molecule has 0 bridgehead atoms. The van der Waals surface area contributed by atoms with E-state index in [2.05, 4.69) is 4.72 Å². The van der Waals surface area contributed by atoms with Crippen LogP contribution in [0.2, 0.25) is 0 Å². The first-order chi connectivity index (χ1) is 9.03. The monoisotopic (exact) mass is 303 g/mol. The predicted molar refractivity (Wildman–Crippen MR) is 78.2 cm³/mol. The van der Waals surface area contributed by atoms with E-state index in [0.717, 1.165) is 24.0 Å². The quantitative estimate of drug-likeness (QED) is 0.854. The van der Waals surface area contributed by atoms with Gasteiger partial charge in [0.2, 0.25) is 0 Å². The lowest BCUT2D eigenvalue weighted by Gasteiger charge is -2.31. The molecule has 108 valence electrons. The molecule has 0 spiro atoms. The molecule has 19 heavy (non-hydrogen) atoms. The van der Waals surface area contributed by atoms with Gasteiger partial charge >= 0.3 is 0 Å². The van der Waals surface area contributed by atoms with E-state index in [9.17, 15) is 8.42 Å². The third-order valence-corrected chi connectivity index (χ3v) is 5.99. The molecule has 1 atom stereocenters. The van der Waals surface area contributed by atoms with Crippen LogP contribution in [0.15, 0.2) is 10.8 Å². The van der Waals surface area contributed by atoms with Crippen molar-refractivity contribution in [2.45, 2.75) is 26.3 Å². The van der Waals surface area contributed by atoms with E-state index >= 15 is 0 Å². The summed E-state index contributed by atoms with van der Waals surface area (Å²) in [5.74, 6) is 0.285. The number of thiophene rings is 1. The van der Waals surface area contributed by atoms with Crippen LogP contribution >= 0.6 is 11.3 Å². The van der Waals surface area contributed by atoms with E-state index in [-0.39, 0.29) is 5.92 Å². The van der Waals surface area contributed by atoms with Gasteiger partial charge in [-0.2, -0.15) is 28.8 Å². The zero-order valence-electron chi connectivity index (χ0n) is 11.1. The molecular weight excluding hydrogens is 282 g/mol. The number of hydrogen-bond acceptors (Lipinski definition) is 4. The molecule has 3 N–H and O–H groups in total. The zero-order chi connectivity index (χ0) is 13.9. The number of nitrogens with two attached hydrogens (primary N) is 1. The molecule has 0 saturated carbocycles. The molecule has 1 aliphatic heterocycles. The maximum absolute atomic E-state index is 12.2. The highest BCUT2D eigenvalue weighted by atomic mass is 32.2. The van der Waals surface area contributed by atoms with Crippen molar-refractivity contribution < 1.29 is 8.42 Å². The van der Waals surface area contributed by atoms with Gasteiger partial charge in [0, 0.05) is 19.6 Å². The van der Waals surface area contributed by atoms with Crippen LogP contribution in [0, 0.1) is 12.8 Å². The lowest BCUT2D eigenvalue weighted by Crippen LogP contribution is -2.47. The van der Waals surface area contributed by atoms with Gasteiger partial charge in [-0.25, -0.2) is 0 Å². The van der Waals surface area contributed by atoms with Gasteiger partial charge in [-0.15, -0.1) is 0 Å². The van der Waals surface area contributed by atoms with Crippen molar-refractivity contribution in [1.82, 2.24) is 9.03 Å². The summed E-state index contributed by atoms with van der Waals surface area (Å²) in [6.07, 6.45) is 1.91. The summed E-state index contributed by atoms with van der Waals surface area (Å²) in [7, 11) is -3.39. The Morgan fingerprint density at radius 2 is 2.32 bits per heavy atom. The Morgan fingerprint density at radius 3 is 2.95 bits per heavy atom. The summed E-state index contributed by atoms with van der Waals surface area (Å²) >= 11 is 1.59. The van der Waals surface area contributed by atoms with E-state index < -0.39 is 10.2 Å². The summed E-state index contributed by atoms with van der Waals surface area (Å²) in [6, 6.07) is 0. The molecule has 0 aliphatic carbocycles. The number of hydrogen-bond donors (Lipinski definition) is 2. The van der Waals surface area contributed by atoms with Crippen molar-refractivity contribution in [1.29, 1.82) is 0 Å². The first-order valence-corrected chi connectivity index (χ1v) is 8.87. The highest BCUT2D eigenvalue weighted by Gasteiger charge is 2.27. The summed E-state index contributed by atoms with van der Waals surface area (Å²) in [5, 5.41) is 4.01. The summed E-state index contributed by atoms with van der Waals surface area (Å²) in [6.45, 7) is 4.03. The van der Waals surface area contributed by atoms with Crippen LogP contribution in [0.4, 0.5) is 0 Å². The van der Waals surface area contributed by atoms with Gasteiger partial charge in [0.1, 0.15) is 0 Å². The lowest BCUT2D eigenvalue weighted by atomic mass is 10.0. The maximum atomic E-state index is 12.2. The van der Waals surface area contributed by atoms with Crippen molar-refractivity contribution in [2.75, 3.05) is 19.6 Å². The third kappa shape index (κ3) is 3.76. The Balaban J connectivity index is 1.96. The molecule has 0 amide bonds. The standard InChI is InChI=1S/C12H21N3O2S2/c1-10-8-18-9-12(10)6-14-19(16,17)15-4-2-3-11(5-13)7-15/h8-9,11,14H,2-7,13H2,1H3. The second kappa shape index (κ2) is 6.32. The Labute approximate surface area is 119 Å². The Bertz CT molecular complexity index is 513. The van der Waals surface area contributed by atoms with Gasteiger partial charge in [-0.3, -0.25) is 0 Å². The fraction of sp³-hybridized carbons (Fsp3) is 0.667. The number of piperidine rings is 1. The molecule has 1 saturated heterocycles. The van der Waals surface area contributed by atoms with E-state index in [1.807, 2.05) is 17.7 Å². The van der Waals surface area contributed by atoms with Crippen LogP contribution < -0.4 is 10.5 Å². The minimum atomic E-state index is -3.39. The van der Waals surface area contributed by atoms with Crippen molar-refractivity contribution in [3.63, 3.8) is 0 Å². The first kappa shape index (κ1) is 14.9. The van der Waals surface area contributed by atoms with E-state index in [4.69, 9.17) is 5.73 Å². The Hall–Kier alpha value is -0.470. The average Bonchev–Trinajstić information content (AvgIpc) is 2.82. The molecule has 2 heterocycles. The highest BCUT2D eigenvalue weighted by Crippen LogP contribution is 2.18. The molecule has 1 aromatic heterocycles. The van der Waals surface area contributed by atoms with Crippen molar-refractivity contribution >= 4 is 21.5 Å². The minimum absolute atomic E-state index is 0.285. The van der Waals surface area contributed by atoms with Gasteiger partial charge < -0.3 is 5.73 Å². The fourth-order valence-corrected chi connectivity index (χ4v) is 4.42. The second-order valence-electron chi connectivity index (χ2n) is 5.01. The van der Waals surface area contributed by atoms with Crippen molar-refractivity contribution in [3.05, 3.63) is 21.9 Å². The molecule has 0 aromatic carbocycles. The molecule has 1 aliphatic rings. The summed E-state index contributed by atoms with van der Waals surface area (Å²) in [4.78, 5) is 0.